The van der Waals surface area contributed by atoms with Crippen molar-refractivity contribution >= 4 is 17.3 Å². The van der Waals surface area contributed by atoms with Gasteiger partial charge in [0.1, 0.15) is 11.9 Å². The molecule has 1 atom stereocenters. The zero-order valence-corrected chi connectivity index (χ0v) is 12.8. The highest BCUT2D eigenvalue weighted by molar-refractivity contribution is 5.86. The van der Waals surface area contributed by atoms with E-state index < -0.39 is 4.92 Å². The second-order valence-electron chi connectivity index (χ2n) is 5.68. The minimum Gasteiger partial charge on any atom is -0.374 e. The van der Waals surface area contributed by atoms with Gasteiger partial charge in [0.15, 0.2) is 0 Å². The second kappa shape index (κ2) is 6.66. The van der Waals surface area contributed by atoms with Crippen molar-refractivity contribution in [3.05, 3.63) is 70.0 Å². The van der Waals surface area contributed by atoms with Gasteiger partial charge >= 0.3 is 0 Å². The van der Waals surface area contributed by atoms with Gasteiger partial charge in [-0.3, -0.25) is 14.9 Å². The lowest BCUT2D eigenvalue weighted by Gasteiger charge is -2.17. The van der Waals surface area contributed by atoms with Crippen LogP contribution in [0.25, 0.3) is 0 Å². The molecule has 7 heteroatoms. The van der Waals surface area contributed by atoms with Crippen LogP contribution in [0.15, 0.2) is 48.5 Å². The molecular weight excluding hydrogens is 313 g/mol. The molecule has 6 nitrogen and oxygen atoms in total. The molecule has 24 heavy (non-hydrogen) atoms. The minimum atomic E-state index is -0.463. The first-order valence-electron chi connectivity index (χ1n) is 7.57. The Morgan fingerprint density at radius 2 is 1.83 bits per heavy atom. The summed E-state index contributed by atoms with van der Waals surface area (Å²) < 4.78 is 12.9. The van der Waals surface area contributed by atoms with Gasteiger partial charge < -0.3 is 10.2 Å². The number of nitrogens with zero attached hydrogens (tertiary/aromatic N) is 2. The Hall–Kier alpha value is -2.96. The SMILES string of the molecule is O=C1C(Nc2ccc([N+](=O)[O-])cc2)CCN1Cc1ccc(F)cc1. The maximum Gasteiger partial charge on any atom is 0.269 e. The standard InChI is InChI=1S/C17H16FN3O3/c18-13-3-1-12(2-4-13)11-20-10-9-16(17(20)22)19-14-5-7-15(8-6-14)21(23)24/h1-8,16,19H,9-11H2. The van der Waals surface area contributed by atoms with Gasteiger partial charge in [0.2, 0.25) is 5.91 Å². The van der Waals surface area contributed by atoms with Crippen molar-refractivity contribution < 1.29 is 14.1 Å². The number of hydrogen-bond acceptors (Lipinski definition) is 4. The molecule has 1 aliphatic heterocycles. The van der Waals surface area contributed by atoms with Crippen LogP contribution in [0.3, 0.4) is 0 Å². The van der Waals surface area contributed by atoms with Crippen molar-refractivity contribution in [2.75, 3.05) is 11.9 Å². The van der Waals surface area contributed by atoms with Gasteiger partial charge in [0, 0.05) is 30.9 Å². The third-order valence-electron chi connectivity index (χ3n) is 4.00. The molecule has 1 heterocycles. The molecule has 0 radical (unpaired) electrons. The quantitative estimate of drug-likeness (QED) is 0.676. The number of carbonyl (C=O) groups is 1. The Balaban J connectivity index is 1.61. The average molecular weight is 329 g/mol. The molecule has 1 amide bonds. The minimum absolute atomic E-state index is 0.0104. The van der Waals surface area contributed by atoms with E-state index in [2.05, 4.69) is 5.32 Å². The first kappa shape index (κ1) is 15.9. The van der Waals surface area contributed by atoms with Crippen LogP contribution in [0.5, 0.6) is 0 Å². The van der Waals surface area contributed by atoms with Gasteiger partial charge in [-0.25, -0.2) is 4.39 Å². The third-order valence-corrected chi connectivity index (χ3v) is 4.00. The molecule has 0 bridgehead atoms. The van der Waals surface area contributed by atoms with E-state index in [0.29, 0.717) is 25.2 Å². The molecule has 1 N–H and O–H groups in total. The number of carbonyl (C=O) groups excluding carboxylic acids is 1. The number of nitro groups is 1. The van der Waals surface area contributed by atoms with E-state index in [0.717, 1.165) is 5.56 Å². The first-order chi connectivity index (χ1) is 11.5. The third kappa shape index (κ3) is 3.51. The number of nitro benzene ring substituents is 1. The maximum atomic E-state index is 12.9. The summed E-state index contributed by atoms with van der Waals surface area (Å²) in [6.45, 7) is 1.05. The van der Waals surface area contributed by atoms with Gasteiger partial charge in [0.25, 0.3) is 5.69 Å². The summed E-state index contributed by atoms with van der Waals surface area (Å²) in [5, 5.41) is 13.8. The molecule has 2 aromatic rings. The van der Waals surface area contributed by atoms with Crippen molar-refractivity contribution in [1.29, 1.82) is 0 Å². The number of non-ortho nitro benzene ring substituents is 1. The second-order valence-corrected chi connectivity index (χ2v) is 5.68. The molecule has 1 saturated heterocycles. The lowest BCUT2D eigenvalue weighted by atomic mass is 10.2. The number of halogens is 1. The predicted molar refractivity (Wildman–Crippen MR) is 86.9 cm³/mol. The first-order valence-corrected chi connectivity index (χ1v) is 7.57. The van der Waals surface area contributed by atoms with E-state index in [9.17, 15) is 19.3 Å². The molecule has 124 valence electrons. The molecular formula is C17H16FN3O3. The largest absolute Gasteiger partial charge is 0.374 e. The number of rotatable bonds is 5. The van der Waals surface area contributed by atoms with Gasteiger partial charge in [-0.1, -0.05) is 12.1 Å². The van der Waals surface area contributed by atoms with E-state index in [1.807, 2.05) is 0 Å². The number of nitrogens with one attached hydrogen (secondary N) is 1. The summed E-state index contributed by atoms with van der Waals surface area (Å²) in [6, 6.07) is 11.7. The summed E-state index contributed by atoms with van der Waals surface area (Å²) >= 11 is 0. The van der Waals surface area contributed by atoms with Crippen molar-refractivity contribution in [2.45, 2.75) is 19.0 Å². The van der Waals surface area contributed by atoms with E-state index in [1.165, 1.54) is 24.3 Å². The molecule has 0 saturated carbocycles. The van der Waals surface area contributed by atoms with Gasteiger partial charge in [0.05, 0.1) is 4.92 Å². The monoisotopic (exact) mass is 329 g/mol. The lowest BCUT2D eigenvalue weighted by molar-refractivity contribution is -0.384. The van der Waals surface area contributed by atoms with Gasteiger partial charge in [-0.05, 0) is 36.2 Å². The fourth-order valence-electron chi connectivity index (χ4n) is 2.72. The van der Waals surface area contributed by atoms with E-state index >= 15 is 0 Å². The van der Waals surface area contributed by atoms with E-state index in [-0.39, 0.29) is 23.5 Å². The van der Waals surface area contributed by atoms with Crippen LogP contribution >= 0.6 is 0 Å². The van der Waals surface area contributed by atoms with Crippen LogP contribution in [0.1, 0.15) is 12.0 Å². The lowest BCUT2D eigenvalue weighted by Crippen LogP contribution is -2.33. The summed E-state index contributed by atoms with van der Waals surface area (Å²) in [5.74, 6) is -0.332. The normalized spacial score (nSPS) is 17.1. The highest BCUT2D eigenvalue weighted by Crippen LogP contribution is 2.21. The number of likely N-dealkylation sites (tertiary alicyclic amines) is 1. The average Bonchev–Trinajstić information content (AvgIpc) is 2.91. The highest BCUT2D eigenvalue weighted by atomic mass is 19.1. The van der Waals surface area contributed by atoms with Crippen LogP contribution in [0, 0.1) is 15.9 Å². The zero-order valence-electron chi connectivity index (χ0n) is 12.8. The molecule has 3 rings (SSSR count). The van der Waals surface area contributed by atoms with Crippen LogP contribution in [-0.2, 0) is 11.3 Å². The van der Waals surface area contributed by atoms with Crippen LogP contribution in [-0.4, -0.2) is 28.3 Å². The zero-order chi connectivity index (χ0) is 17.1. The summed E-state index contributed by atoms with van der Waals surface area (Å²) in [5.41, 5.74) is 1.56. The summed E-state index contributed by atoms with van der Waals surface area (Å²) in [6.07, 6.45) is 0.650. The predicted octanol–water partition coefficient (Wildman–Crippen LogP) is 2.95. The van der Waals surface area contributed by atoms with E-state index in [1.54, 1.807) is 29.2 Å². The van der Waals surface area contributed by atoms with Crippen LogP contribution in [0.4, 0.5) is 15.8 Å². The molecule has 0 spiro atoms. The number of anilines is 1. The topological polar surface area (TPSA) is 75.5 Å². The number of benzene rings is 2. The fraction of sp³-hybridized carbons (Fsp3) is 0.235. The Labute approximate surface area is 138 Å². The van der Waals surface area contributed by atoms with Crippen molar-refractivity contribution in [3.8, 4) is 0 Å². The molecule has 1 unspecified atom stereocenters. The molecule has 1 aliphatic rings. The van der Waals surface area contributed by atoms with Gasteiger partial charge in [-0.2, -0.15) is 0 Å². The Kier molecular flexibility index (Phi) is 4.41. The summed E-state index contributed by atoms with van der Waals surface area (Å²) in [7, 11) is 0. The summed E-state index contributed by atoms with van der Waals surface area (Å²) in [4.78, 5) is 24.3. The van der Waals surface area contributed by atoms with Crippen molar-refractivity contribution in [1.82, 2.24) is 4.90 Å². The fourth-order valence-corrected chi connectivity index (χ4v) is 2.72. The smallest absolute Gasteiger partial charge is 0.269 e. The molecule has 2 aromatic carbocycles. The Morgan fingerprint density at radius 3 is 2.46 bits per heavy atom. The van der Waals surface area contributed by atoms with Crippen LogP contribution < -0.4 is 5.32 Å². The Bertz CT molecular complexity index is 747. The molecule has 0 aromatic heterocycles. The van der Waals surface area contributed by atoms with Gasteiger partial charge in [-0.15, -0.1) is 0 Å². The highest BCUT2D eigenvalue weighted by Gasteiger charge is 2.31. The van der Waals surface area contributed by atoms with Crippen molar-refractivity contribution in [2.24, 2.45) is 0 Å². The number of amides is 1. The Morgan fingerprint density at radius 1 is 1.17 bits per heavy atom. The van der Waals surface area contributed by atoms with E-state index in [4.69, 9.17) is 0 Å². The van der Waals surface area contributed by atoms with Crippen molar-refractivity contribution in [3.63, 3.8) is 0 Å². The molecule has 1 fully saturated rings. The van der Waals surface area contributed by atoms with Crippen LogP contribution in [0.2, 0.25) is 0 Å². The number of hydrogen-bond donors (Lipinski definition) is 1. The maximum absolute atomic E-state index is 12.9. The molecule has 0 aliphatic carbocycles.